The standard InChI is InChI=1S/C22H24FN3O4S/c1-14(2)20-18(13-12-17-6-5-7-19(27)30-17)21(15-8-10-16(23)11-9-15)25-22(24-20)26(3)31(4,28)29/h5,7-14,17H,6H2,1-4H3/b13-12+/t17-/m0/s1. The molecule has 2 heterocycles. The maximum atomic E-state index is 13.5. The molecule has 31 heavy (non-hydrogen) atoms. The van der Waals surface area contributed by atoms with E-state index in [4.69, 9.17) is 4.74 Å². The van der Waals surface area contributed by atoms with Crippen LogP contribution in [-0.2, 0) is 19.6 Å². The molecule has 0 radical (unpaired) electrons. The minimum Gasteiger partial charge on any atom is -0.455 e. The highest BCUT2D eigenvalue weighted by Crippen LogP contribution is 2.32. The molecule has 0 N–H and O–H groups in total. The summed E-state index contributed by atoms with van der Waals surface area (Å²) in [5.41, 5.74) is 2.33. The highest BCUT2D eigenvalue weighted by molar-refractivity contribution is 7.92. The lowest BCUT2D eigenvalue weighted by molar-refractivity contribution is -0.141. The lowest BCUT2D eigenvalue weighted by Crippen LogP contribution is -2.27. The van der Waals surface area contributed by atoms with E-state index in [1.807, 2.05) is 13.8 Å². The Morgan fingerprint density at radius 1 is 1.23 bits per heavy atom. The van der Waals surface area contributed by atoms with Crippen LogP contribution in [0.15, 0.2) is 42.5 Å². The van der Waals surface area contributed by atoms with Crippen molar-refractivity contribution < 1.29 is 22.3 Å². The van der Waals surface area contributed by atoms with Gasteiger partial charge in [0, 0.05) is 30.7 Å². The van der Waals surface area contributed by atoms with Gasteiger partial charge in [0.2, 0.25) is 16.0 Å². The van der Waals surface area contributed by atoms with Crippen molar-refractivity contribution in [1.82, 2.24) is 9.97 Å². The van der Waals surface area contributed by atoms with Gasteiger partial charge in [0.15, 0.2) is 0 Å². The first kappa shape index (κ1) is 22.6. The third-order valence-electron chi connectivity index (χ3n) is 4.77. The van der Waals surface area contributed by atoms with E-state index in [-0.39, 0.29) is 11.9 Å². The number of carbonyl (C=O) groups is 1. The van der Waals surface area contributed by atoms with Crippen molar-refractivity contribution in [3.63, 3.8) is 0 Å². The topological polar surface area (TPSA) is 89.5 Å². The number of anilines is 1. The molecule has 0 fully saturated rings. The van der Waals surface area contributed by atoms with Crippen LogP contribution in [0.1, 0.15) is 37.4 Å². The Morgan fingerprint density at radius 3 is 2.48 bits per heavy atom. The predicted molar refractivity (Wildman–Crippen MR) is 117 cm³/mol. The number of cyclic esters (lactones) is 1. The molecule has 0 amide bonds. The summed E-state index contributed by atoms with van der Waals surface area (Å²) in [7, 11) is -2.21. The average molecular weight is 446 g/mol. The third kappa shape index (κ3) is 5.35. The number of hydrogen-bond acceptors (Lipinski definition) is 6. The summed E-state index contributed by atoms with van der Waals surface area (Å²) in [5, 5.41) is 0. The fourth-order valence-electron chi connectivity index (χ4n) is 3.05. The minimum absolute atomic E-state index is 0.0229. The van der Waals surface area contributed by atoms with Crippen LogP contribution in [0.25, 0.3) is 17.3 Å². The van der Waals surface area contributed by atoms with E-state index in [0.29, 0.717) is 28.9 Å². The Labute approximate surface area is 181 Å². The smallest absolute Gasteiger partial charge is 0.331 e. The van der Waals surface area contributed by atoms with Gasteiger partial charge in [-0.15, -0.1) is 0 Å². The summed E-state index contributed by atoms with van der Waals surface area (Å²) in [6, 6.07) is 5.78. The van der Waals surface area contributed by atoms with Crippen molar-refractivity contribution >= 4 is 28.0 Å². The van der Waals surface area contributed by atoms with E-state index in [1.54, 1.807) is 30.4 Å². The average Bonchev–Trinajstić information content (AvgIpc) is 2.71. The second kappa shape index (κ2) is 8.97. The van der Waals surface area contributed by atoms with Crippen LogP contribution in [0.3, 0.4) is 0 Å². The van der Waals surface area contributed by atoms with E-state index in [9.17, 15) is 17.6 Å². The molecule has 164 valence electrons. The summed E-state index contributed by atoms with van der Waals surface area (Å²) < 4.78 is 44.0. The molecule has 0 saturated heterocycles. The van der Waals surface area contributed by atoms with Gasteiger partial charge in [-0.05, 0) is 36.3 Å². The van der Waals surface area contributed by atoms with Gasteiger partial charge in [-0.3, -0.25) is 0 Å². The maximum absolute atomic E-state index is 13.5. The summed E-state index contributed by atoms with van der Waals surface area (Å²) in [5.74, 6) is -0.851. The molecule has 1 aliphatic rings. The number of nitrogens with zero attached hydrogens (tertiary/aromatic N) is 3. The van der Waals surface area contributed by atoms with Crippen LogP contribution in [0.4, 0.5) is 10.3 Å². The normalized spacial score (nSPS) is 16.7. The number of halogens is 1. The molecular weight excluding hydrogens is 421 g/mol. The number of carbonyl (C=O) groups excluding carboxylic acids is 1. The van der Waals surface area contributed by atoms with Crippen molar-refractivity contribution in [3.05, 3.63) is 59.6 Å². The third-order valence-corrected chi connectivity index (χ3v) is 5.93. The van der Waals surface area contributed by atoms with Crippen molar-refractivity contribution in [2.24, 2.45) is 0 Å². The van der Waals surface area contributed by atoms with E-state index < -0.39 is 27.9 Å². The number of esters is 1. The zero-order chi connectivity index (χ0) is 22.8. The zero-order valence-electron chi connectivity index (χ0n) is 17.7. The van der Waals surface area contributed by atoms with Crippen molar-refractivity contribution in [2.75, 3.05) is 17.6 Å². The van der Waals surface area contributed by atoms with E-state index in [0.717, 1.165) is 10.6 Å². The molecular formula is C22H24FN3O4S. The number of benzene rings is 1. The van der Waals surface area contributed by atoms with Gasteiger partial charge in [-0.1, -0.05) is 26.0 Å². The number of rotatable bonds is 6. The molecule has 3 rings (SSSR count). The molecule has 1 aromatic heterocycles. The maximum Gasteiger partial charge on any atom is 0.331 e. The molecule has 1 aromatic carbocycles. The first-order chi connectivity index (χ1) is 14.6. The van der Waals surface area contributed by atoms with Crippen LogP contribution in [0.5, 0.6) is 0 Å². The molecule has 0 unspecified atom stereocenters. The second-order valence-corrected chi connectivity index (χ2v) is 9.55. The molecule has 1 aliphatic heterocycles. The summed E-state index contributed by atoms with van der Waals surface area (Å²) in [6.45, 7) is 3.86. The molecule has 0 bridgehead atoms. The van der Waals surface area contributed by atoms with Crippen LogP contribution < -0.4 is 4.31 Å². The number of ether oxygens (including phenoxy) is 1. The van der Waals surface area contributed by atoms with Crippen LogP contribution in [0, 0.1) is 5.82 Å². The monoisotopic (exact) mass is 445 g/mol. The first-order valence-corrected chi connectivity index (χ1v) is 11.6. The largest absolute Gasteiger partial charge is 0.455 e. The van der Waals surface area contributed by atoms with Gasteiger partial charge in [0.1, 0.15) is 11.9 Å². The lowest BCUT2D eigenvalue weighted by atomic mass is 9.97. The highest BCUT2D eigenvalue weighted by Gasteiger charge is 2.22. The Hall–Kier alpha value is -3.07. The Kier molecular flexibility index (Phi) is 6.54. The minimum atomic E-state index is -3.59. The fraction of sp³-hybridized carbons (Fsp3) is 0.318. The van der Waals surface area contributed by atoms with E-state index in [1.165, 1.54) is 25.3 Å². The van der Waals surface area contributed by atoms with Gasteiger partial charge in [0.25, 0.3) is 0 Å². The SMILES string of the molecule is CC(C)c1nc(N(C)S(C)(=O)=O)nc(-c2ccc(F)cc2)c1/C=C/[C@@H]1CC=CC(=O)O1. The summed E-state index contributed by atoms with van der Waals surface area (Å²) in [6.07, 6.45) is 7.83. The van der Waals surface area contributed by atoms with Crippen LogP contribution >= 0.6 is 0 Å². The quantitative estimate of drug-likeness (QED) is 0.630. The molecule has 1 atom stereocenters. The van der Waals surface area contributed by atoms with Crippen LogP contribution in [-0.4, -0.2) is 43.8 Å². The first-order valence-electron chi connectivity index (χ1n) is 9.73. The lowest BCUT2D eigenvalue weighted by Gasteiger charge is -2.21. The molecule has 0 spiro atoms. The van der Waals surface area contributed by atoms with Crippen molar-refractivity contribution in [1.29, 1.82) is 0 Å². The number of hydrogen-bond donors (Lipinski definition) is 0. The fourth-order valence-corrected chi connectivity index (χ4v) is 3.43. The molecule has 9 heteroatoms. The van der Waals surface area contributed by atoms with Gasteiger partial charge < -0.3 is 4.74 Å². The van der Waals surface area contributed by atoms with Gasteiger partial charge in [-0.2, -0.15) is 0 Å². The number of sulfonamides is 1. The highest BCUT2D eigenvalue weighted by atomic mass is 32.2. The molecule has 0 aliphatic carbocycles. The van der Waals surface area contributed by atoms with Gasteiger partial charge in [-0.25, -0.2) is 31.9 Å². The molecule has 2 aromatic rings. The van der Waals surface area contributed by atoms with Crippen LogP contribution in [0.2, 0.25) is 0 Å². The Balaban J connectivity index is 2.19. The number of aromatic nitrogens is 2. The Bertz CT molecular complexity index is 1140. The van der Waals surface area contributed by atoms with E-state index in [2.05, 4.69) is 9.97 Å². The predicted octanol–water partition coefficient (Wildman–Crippen LogP) is 3.69. The zero-order valence-corrected chi connectivity index (χ0v) is 18.6. The second-order valence-electron chi connectivity index (χ2n) is 7.54. The van der Waals surface area contributed by atoms with Crippen molar-refractivity contribution in [3.8, 4) is 11.3 Å². The summed E-state index contributed by atoms with van der Waals surface area (Å²) >= 11 is 0. The van der Waals surface area contributed by atoms with Gasteiger partial charge >= 0.3 is 5.97 Å². The van der Waals surface area contributed by atoms with Gasteiger partial charge in [0.05, 0.1) is 17.6 Å². The van der Waals surface area contributed by atoms with Crippen molar-refractivity contribution in [2.45, 2.75) is 32.3 Å². The van der Waals surface area contributed by atoms with E-state index >= 15 is 0 Å². The molecule has 7 nitrogen and oxygen atoms in total. The molecule has 0 saturated carbocycles. The Morgan fingerprint density at radius 2 is 1.90 bits per heavy atom. The summed E-state index contributed by atoms with van der Waals surface area (Å²) in [4.78, 5) is 20.5.